The van der Waals surface area contributed by atoms with E-state index in [-0.39, 0.29) is 39.5 Å². The molecule has 0 radical (unpaired) electrons. The first-order valence-electron chi connectivity index (χ1n) is 21.4. The Hall–Kier alpha value is -2.78. The Morgan fingerprint density at radius 3 is 1.97 bits per heavy atom. The van der Waals surface area contributed by atoms with Gasteiger partial charge in [0, 0.05) is 0 Å². The molecule has 1 saturated heterocycles. The number of esters is 1. The van der Waals surface area contributed by atoms with E-state index >= 15 is 0 Å². The summed E-state index contributed by atoms with van der Waals surface area (Å²) in [5.41, 5.74) is 3.25. The van der Waals surface area contributed by atoms with Crippen LogP contribution >= 0.6 is 42.6 Å². The van der Waals surface area contributed by atoms with Gasteiger partial charge < -0.3 is 34.1 Å². The standard InChI is InChI=1S/C45H59Cl3NO12P/c1-2-3-4-5-6-7-8-9-16-25-37(55-28-34-21-14-11-15-22-34)26-39(50)60-42-40(49-44(52)56-32-45(46,47)48)43(51)59-38(31-54-27-33-19-12-10-13-20-33)41(42)61-62(53)57-29-35-23-17-18-24-36(35)30-58-62/h10-15,17-24,37-38,40-43,51H,2-9,16,25-32H2,1H3,(H,49,52)/t37-,38+,40+,41+,42+,43?/m0/s1. The van der Waals surface area contributed by atoms with Crippen LogP contribution in [0.15, 0.2) is 84.9 Å². The summed E-state index contributed by atoms with van der Waals surface area (Å²) in [4.78, 5) is 27.3. The highest BCUT2D eigenvalue weighted by Crippen LogP contribution is 2.55. The Morgan fingerprint density at radius 1 is 0.806 bits per heavy atom. The van der Waals surface area contributed by atoms with Crippen LogP contribution < -0.4 is 5.32 Å². The number of halogens is 3. The van der Waals surface area contributed by atoms with E-state index in [0.29, 0.717) is 6.42 Å². The average Bonchev–Trinajstić information content (AvgIpc) is 3.43. The van der Waals surface area contributed by atoms with Crippen molar-refractivity contribution in [2.75, 3.05) is 13.2 Å². The summed E-state index contributed by atoms with van der Waals surface area (Å²) in [6.45, 7) is 1.48. The van der Waals surface area contributed by atoms with Crippen LogP contribution in [0.1, 0.15) is 99.8 Å². The number of amides is 1. The van der Waals surface area contributed by atoms with Crippen molar-refractivity contribution >= 4 is 54.7 Å². The molecule has 13 nitrogen and oxygen atoms in total. The van der Waals surface area contributed by atoms with E-state index in [1.165, 1.54) is 32.1 Å². The van der Waals surface area contributed by atoms with Crippen molar-refractivity contribution in [3.05, 3.63) is 107 Å². The van der Waals surface area contributed by atoms with Crippen molar-refractivity contribution in [3.63, 3.8) is 0 Å². The number of benzene rings is 3. The van der Waals surface area contributed by atoms with Crippen molar-refractivity contribution in [2.45, 2.75) is 145 Å². The number of phosphoric ester groups is 1. The Kier molecular flexibility index (Phi) is 21.3. The van der Waals surface area contributed by atoms with Crippen molar-refractivity contribution in [1.29, 1.82) is 0 Å². The number of alkyl carbamates (subject to hydrolysis) is 1. The smallest absolute Gasteiger partial charge is 0.457 e. The summed E-state index contributed by atoms with van der Waals surface area (Å²) in [6, 6.07) is 24.6. The average molecular weight is 943 g/mol. The molecule has 5 rings (SSSR count). The molecule has 3 aromatic carbocycles. The van der Waals surface area contributed by atoms with Gasteiger partial charge in [0.1, 0.15) is 24.9 Å². The number of nitrogens with one attached hydrogen (secondary N) is 1. The Labute approximate surface area is 379 Å². The van der Waals surface area contributed by atoms with Gasteiger partial charge in [-0.05, 0) is 28.7 Å². The number of aliphatic hydroxyl groups excluding tert-OH is 1. The molecule has 0 aliphatic carbocycles. The third-order valence-corrected chi connectivity index (χ3v) is 12.2. The molecule has 0 saturated carbocycles. The second-order valence-electron chi connectivity index (χ2n) is 15.5. The minimum absolute atomic E-state index is 0.117. The SMILES string of the molecule is CCCCCCCCCCC[C@@H](CC(=O)O[C@H]1[C@H](OP2(=O)OCc3ccccc3CO2)[C@@H](COCc2ccccc2)OC(O)[C@@H]1NC(=O)OCC(Cl)(Cl)Cl)OCc1ccccc1. The quantitative estimate of drug-likeness (QED) is 0.0380. The first kappa shape index (κ1) is 50.2. The molecule has 6 atom stereocenters. The largest absolute Gasteiger partial charge is 0.475 e. The van der Waals surface area contributed by atoms with E-state index in [1.54, 1.807) is 0 Å². The number of aliphatic hydroxyl groups is 1. The maximum atomic E-state index is 14.4. The predicted octanol–water partition coefficient (Wildman–Crippen LogP) is 10.4. The summed E-state index contributed by atoms with van der Waals surface area (Å²) in [5.74, 6) is -0.745. The molecule has 3 aromatic rings. The number of alkyl halides is 3. The summed E-state index contributed by atoms with van der Waals surface area (Å²) in [6.07, 6.45) is 2.71. The number of unbranched alkanes of at least 4 members (excludes halogenated alkanes) is 8. The Morgan fingerprint density at radius 2 is 1.37 bits per heavy atom. The zero-order valence-corrected chi connectivity index (χ0v) is 38.2. The highest BCUT2D eigenvalue weighted by Gasteiger charge is 2.53. The second kappa shape index (κ2) is 26.2. The van der Waals surface area contributed by atoms with Gasteiger partial charge >= 0.3 is 19.9 Å². The lowest BCUT2D eigenvalue weighted by Gasteiger charge is -2.44. The van der Waals surface area contributed by atoms with Gasteiger partial charge in [0.25, 0.3) is 0 Å². The van der Waals surface area contributed by atoms with Crippen molar-refractivity contribution in [2.24, 2.45) is 0 Å². The predicted molar refractivity (Wildman–Crippen MR) is 235 cm³/mol. The van der Waals surface area contributed by atoms with Crippen LogP contribution in [0.5, 0.6) is 0 Å². The molecular weight excluding hydrogens is 884 g/mol. The monoisotopic (exact) mass is 941 g/mol. The molecule has 2 aliphatic heterocycles. The lowest BCUT2D eigenvalue weighted by atomic mass is 9.96. The van der Waals surface area contributed by atoms with Gasteiger partial charge in [0.15, 0.2) is 12.4 Å². The molecule has 62 heavy (non-hydrogen) atoms. The first-order valence-corrected chi connectivity index (χ1v) is 24.0. The van der Waals surface area contributed by atoms with Gasteiger partial charge in [0.2, 0.25) is 3.79 Å². The molecule has 1 amide bonds. The van der Waals surface area contributed by atoms with Crippen LogP contribution in [0, 0.1) is 0 Å². The van der Waals surface area contributed by atoms with Gasteiger partial charge in [-0.15, -0.1) is 0 Å². The molecule has 1 fully saturated rings. The summed E-state index contributed by atoms with van der Waals surface area (Å²) < 4.78 is 59.8. The summed E-state index contributed by atoms with van der Waals surface area (Å²) >= 11 is 17.5. The topological polar surface area (TPSA) is 157 Å². The van der Waals surface area contributed by atoms with Gasteiger partial charge in [-0.1, -0.05) is 184 Å². The fourth-order valence-electron chi connectivity index (χ4n) is 7.15. The number of hydrogen-bond donors (Lipinski definition) is 2. The van der Waals surface area contributed by atoms with Crippen LogP contribution in [0.4, 0.5) is 4.79 Å². The lowest BCUT2D eigenvalue weighted by molar-refractivity contribution is -0.259. The maximum Gasteiger partial charge on any atom is 0.475 e. The van der Waals surface area contributed by atoms with Crippen molar-refractivity contribution < 1.29 is 56.5 Å². The molecule has 0 spiro atoms. The molecule has 2 aliphatic rings. The van der Waals surface area contributed by atoms with E-state index in [0.717, 1.165) is 47.9 Å². The van der Waals surface area contributed by atoms with Crippen LogP contribution in [0.2, 0.25) is 0 Å². The molecule has 17 heteroatoms. The lowest BCUT2D eigenvalue weighted by Crippen LogP contribution is -2.66. The van der Waals surface area contributed by atoms with Gasteiger partial charge in [-0.3, -0.25) is 18.4 Å². The second-order valence-corrected chi connectivity index (χ2v) is 19.6. The highest BCUT2D eigenvalue weighted by molar-refractivity contribution is 7.48. The number of ether oxygens (including phenoxy) is 5. The zero-order valence-electron chi connectivity index (χ0n) is 35.1. The van der Waals surface area contributed by atoms with Crippen LogP contribution in [0.3, 0.4) is 0 Å². The minimum Gasteiger partial charge on any atom is -0.457 e. The van der Waals surface area contributed by atoms with E-state index in [9.17, 15) is 19.3 Å². The number of phosphoric acid groups is 1. The highest BCUT2D eigenvalue weighted by atomic mass is 35.6. The van der Waals surface area contributed by atoms with Gasteiger partial charge in [0.05, 0.1) is 45.6 Å². The first-order chi connectivity index (χ1) is 29.9. The number of carbonyl (C=O) groups excluding carboxylic acids is 2. The molecule has 0 bridgehead atoms. The number of rotatable bonds is 24. The number of fused-ring (bicyclic) bond motifs is 1. The third kappa shape index (κ3) is 17.7. The zero-order chi connectivity index (χ0) is 44.2. The third-order valence-electron chi connectivity index (χ3n) is 10.5. The van der Waals surface area contributed by atoms with E-state index in [4.69, 9.17) is 72.1 Å². The number of hydrogen-bond acceptors (Lipinski definition) is 12. The normalized spacial score (nSPS) is 21.6. The summed E-state index contributed by atoms with van der Waals surface area (Å²) in [5, 5.41) is 13.9. The van der Waals surface area contributed by atoms with E-state index in [2.05, 4.69) is 12.2 Å². The Bertz CT molecular complexity index is 1790. The van der Waals surface area contributed by atoms with Crippen LogP contribution in [-0.2, 0) is 73.0 Å². The number of carbonyl (C=O) groups is 2. The molecule has 2 heterocycles. The van der Waals surface area contributed by atoms with Crippen molar-refractivity contribution in [3.8, 4) is 0 Å². The summed E-state index contributed by atoms with van der Waals surface area (Å²) in [7, 11) is -4.47. The van der Waals surface area contributed by atoms with Crippen LogP contribution in [0.25, 0.3) is 0 Å². The molecule has 2 N–H and O–H groups in total. The van der Waals surface area contributed by atoms with E-state index in [1.807, 2.05) is 84.9 Å². The fourth-order valence-corrected chi connectivity index (χ4v) is 8.66. The molecular formula is C45H59Cl3NO12P. The van der Waals surface area contributed by atoms with Gasteiger partial charge in [-0.25, -0.2) is 9.36 Å². The molecule has 0 aromatic heterocycles. The maximum absolute atomic E-state index is 14.4. The Balaban J connectivity index is 1.37. The molecule has 1 unspecified atom stereocenters. The van der Waals surface area contributed by atoms with Crippen molar-refractivity contribution in [1.82, 2.24) is 5.32 Å². The van der Waals surface area contributed by atoms with E-state index < -0.39 is 67.0 Å². The molecule has 342 valence electrons. The fraction of sp³-hybridized carbons (Fsp3) is 0.556. The minimum atomic E-state index is -4.47. The van der Waals surface area contributed by atoms with Gasteiger partial charge in [-0.2, -0.15) is 0 Å². The van der Waals surface area contributed by atoms with Crippen LogP contribution in [-0.4, -0.2) is 70.9 Å².